The van der Waals surface area contributed by atoms with Crippen LogP contribution >= 0.6 is 11.8 Å². The van der Waals surface area contributed by atoms with Crippen LogP contribution in [0.15, 0.2) is 36.4 Å². The van der Waals surface area contributed by atoms with Crippen molar-refractivity contribution in [3.63, 3.8) is 0 Å². The van der Waals surface area contributed by atoms with E-state index in [-0.39, 0.29) is 28.6 Å². The fraction of sp³-hybridized carbons (Fsp3) is 0.300. The minimum absolute atomic E-state index is 0.159. The molecule has 2 aromatic carbocycles. The largest absolute Gasteiger partial charge is 0.457 e. The Balaban J connectivity index is 1.59. The number of amides is 2. The maximum atomic E-state index is 13.3. The van der Waals surface area contributed by atoms with E-state index in [2.05, 4.69) is 5.32 Å². The van der Waals surface area contributed by atoms with Crippen LogP contribution in [0.2, 0.25) is 0 Å². The second-order valence-electron chi connectivity index (χ2n) is 6.97. The van der Waals surface area contributed by atoms with Gasteiger partial charge < -0.3 is 4.74 Å². The molecule has 4 nitrogen and oxygen atoms in total. The summed E-state index contributed by atoms with van der Waals surface area (Å²) >= 11 is 0.944. The summed E-state index contributed by atoms with van der Waals surface area (Å²) in [4.78, 5) is 23.4. The van der Waals surface area contributed by atoms with E-state index in [0.29, 0.717) is 25.0 Å². The predicted octanol–water partition coefficient (Wildman–Crippen LogP) is 5.82. The number of carbonyl (C=O) groups is 2. The first kappa shape index (κ1) is 20.6. The van der Waals surface area contributed by atoms with Crippen LogP contribution in [0.1, 0.15) is 41.0 Å². The first-order chi connectivity index (χ1) is 14.1. The minimum Gasteiger partial charge on any atom is -0.457 e. The number of halogens is 5. The molecule has 0 saturated carbocycles. The number of fused-ring (bicyclic) bond motifs is 1. The number of hydrogen-bond donors (Lipinski definition) is 1. The first-order valence-electron chi connectivity index (χ1n) is 8.95. The van der Waals surface area contributed by atoms with Crippen molar-refractivity contribution >= 4 is 22.9 Å². The van der Waals surface area contributed by atoms with E-state index in [9.17, 15) is 31.5 Å². The lowest BCUT2D eigenvalue weighted by atomic mass is 9.97. The number of hydrogen-bond acceptors (Lipinski definition) is 4. The Hall–Kier alpha value is -2.62. The van der Waals surface area contributed by atoms with Gasteiger partial charge in [0.1, 0.15) is 16.7 Å². The SMILES string of the molecule is O=C1NC(=O)C([C@@H]2CCc3cc(Oc4ccc(C(F)(F)F)cc4C(F)F)ccc32)S1. The maximum Gasteiger partial charge on any atom is 0.416 e. The molecule has 1 saturated heterocycles. The van der Waals surface area contributed by atoms with Gasteiger partial charge in [-0.25, -0.2) is 8.78 Å². The van der Waals surface area contributed by atoms with Gasteiger partial charge in [0.25, 0.3) is 11.7 Å². The van der Waals surface area contributed by atoms with E-state index in [1.165, 1.54) is 6.07 Å². The summed E-state index contributed by atoms with van der Waals surface area (Å²) in [6, 6.07) is 6.80. The summed E-state index contributed by atoms with van der Waals surface area (Å²) in [6.45, 7) is 0. The molecule has 1 fully saturated rings. The van der Waals surface area contributed by atoms with Crippen LogP contribution in [0.25, 0.3) is 0 Å². The van der Waals surface area contributed by atoms with E-state index in [1.807, 2.05) is 0 Å². The number of thioether (sulfide) groups is 1. The molecule has 1 heterocycles. The highest BCUT2D eigenvalue weighted by Gasteiger charge is 2.41. The quantitative estimate of drug-likeness (QED) is 0.606. The van der Waals surface area contributed by atoms with Crippen molar-refractivity contribution in [1.29, 1.82) is 0 Å². The normalized spacial score (nSPS) is 21.1. The van der Waals surface area contributed by atoms with Gasteiger partial charge >= 0.3 is 6.18 Å². The number of ether oxygens (including phenoxy) is 1. The fourth-order valence-corrected chi connectivity index (χ4v) is 4.76. The van der Waals surface area contributed by atoms with Crippen LogP contribution in [0.5, 0.6) is 11.5 Å². The van der Waals surface area contributed by atoms with Gasteiger partial charge in [-0.15, -0.1) is 0 Å². The lowest BCUT2D eigenvalue weighted by Crippen LogP contribution is -2.27. The number of imide groups is 1. The summed E-state index contributed by atoms with van der Waals surface area (Å²) in [5.41, 5.74) is -0.313. The van der Waals surface area contributed by atoms with E-state index in [0.717, 1.165) is 29.0 Å². The minimum atomic E-state index is -4.74. The summed E-state index contributed by atoms with van der Waals surface area (Å²) in [5.74, 6) is -0.651. The van der Waals surface area contributed by atoms with Gasteiger partial charge in [0.15, 0.2) is 0 Å². The van der Waals surface area contributed by atoms with Crippen molar-refractivity contribution in [2.45, 2.75) is 36.6 Å². The summed E-state index contributed by atoms with van der Waals surface area (Å²) in [6.07, 6.45) is -6.64. The molecule has 4 rings (SSSR count). The summed E-state index contributed by atoms with van der Waals surface area (Å²) in [7, 11) is 0. The molecular formula is C20H14F5NO3S. The van der Waals surface area contributed by atoms with E-state index < -0.39 is 29.0 Å². The summed E-state index contributed by atoms with van der Waals surface area (Å²) in [5, 5.41) is 1.35. The third-order valence-electron chi connectivity index (χ3n) is 5.12. The molecule has 10 heteroatoms. The topological polar surface area (TPSA) is 55.4 Å². The summed E-state index contributed by atoms with van der Waals surface area (Å²) < 4.78 is 70.5. The zero-order chi connectivity index (χ0) is 21.6. The van der Waals surface area contributed by atoms with Gasteiger partial charge in [0.2, 0.25) is 5.91 Å². The molecule has 0 aromatic heterocycles. The van der Waals surface area contributed by atoms with Crippen LogP contribution in [0.3, 0.4) is 0 Å². The molecule has 30 heavy (non-hydrogen) atoms. The average molecular weight is 443 g/mol. The lowest BCUT2D eigenvalue weighted by molar-refractivity contribution is -0.137. The molecule has 2 amide bonds. The third kappa shape index (κ3) is 3.88. The van der Waals surface area contributed by atoms with Crippen molar-refractivity contribution in [3.05, 3.63) is 58.7 Å². The van der Waals surface area contributed by atoms with Gasteiger partial charge in [-0.2, -0.15) is 13.2 Å². The van der Waals surface area contributed by atoms with Gasteiger partial charge in [-0.3, -0.25) is 14.9 Å². The average Bonchev–Trinajstić information content (AvgIpc) is 3.22. The Morgan fingerprint density at radius 1 is 1.10 bits per heavy atom. The number of rotatable bonds is 4. The third-order valence-corrected chi connectivity index (χ3v) is 6.23. The van der Waals surface area contributed by atoms with Gasteiger partial charge in [-0.05, 0) is 54.3 Å². The number of benzene rings is 2. The van der Waals surface area contributed by atoms with E-state index in [4.69, 9.17) is 4.74 Å². The Morgan fingerprint density at radius 2 is 1.87 bits per heavy atom. The number of nitrogens with one attached hydrogen (secondary N) is 1. The Morgan fingerprint density at radius 3 is 2.50 bits per heavy atom. The predicted molar refractivity (Wildman–Crippen MR) is 98.9 cm³/mol. The highest BCUT2D eigenvalue weighted by molar-refractivity contribution is 8.15. The van der Waals surface area contributed by atoms with Crippen molar-refractivity contribution in [1.82, 2.24) is 5.32 Å². The van der Waals surface area contributed by atoms with Crippen LogP contribution in [-0.4, -0.2) is 16.4 Å². The number of carbonyl (C=O) groups excluding carboxylic acids is 2. The van der Waals surface area contributed by atoms with Gasteiger partial charge in [-0.1, -0.05) is 17.8 Å². The molecule has 2 aliphatic rings. The Labute approximate surface area is 171 Å². The fourth-order valence-electron chi connectivity index (χ4n) is 3.75. The number of aryl methyl sites for hydroxylation is 1. The second kappa shape index (κ2) is 7.57. The molecule has 0 spiro atoms. The molecule has 1 aliphatic heterocycles. The van der Waals surface area contributed by atoms with Gasteiger partial charge in [0, 0.05) is 5.92 Å². The molecule has 158 valence electrons. The second-order valence-corrected chi connectivity index (χ2v) is 8.09. The molecule has 2 atom stereocenters. The van der Waals surface area contributed by atoms with Gasteiger partial charge in [0.05, 0.1) is 11.1 Å². The van der Waals surface area contributed by atoms with Crippen molar-refractivity contribution in [2.75, 3.05) is 0 Å². The van der Waals surface area contributed by atoms with Crippen LogP contribution in [0.4, 0.5) is 26.7 Å². The molecule has 0 bridgehead atoms. The zero-order valence-electron chi connectivity index (χ0n) is 15.1. The van der Waals surface area contributed by atoms with E-state index >= 15 is 0 Å². The lowest BCUT2D eigenvalue weighted by Gasteiger charge is -2.17. The maximum absolute atomic E-state index is 13.3. The smallest absolute Gasteiger partial charge is 0.416 e. The monoisotopic (exact) mass is 443 g/mol. The Kier molecular flexibility index (Phi) is 5.21. The molecule has 1 unspecified atom stereocenters. The van der Waals surface area contributed by atoms with Crippen molar-refractivity contribution < 1.29 is 36.3 Å². The molecule has 1 N–H and O–H groups in total. The molecule has 1 aliphatic carbocycles. The van der Waals surface area contributed by atoms with Crippen molar-refractivity contribution in [2.24, 2.45) is 0 Å². The first-order valence-corrected chi connectivity index (χ1v) is 9.83. The van der Waals surface area contributed by atoms with E-state index in [1.54, 1.807) is 12.1 Å². The standard InChI is InChI=1S/C20H14F5NO3S/c21-17(22)14-8-10(20(23,24)25)2-6-15(14)29-11-3-5-12-9(7-11)1-4-13(12)16-18(27)26-19(28)30-16/h2-3,5-8,13,16-17H,1,4H2,(H,26,27,28)/t13-,16?/m1/s1. The Bertz CT molecular complexity index is 1020. The number of alkyl halides is 5. The molecule has 0 radical (unpaired) electrons. The highest BCUT2D eigenvalue weighted by Crippen LogP contribution is 2.44. The van der Waals surface area contributed by atoms with Crippen LogP contribution in [0, 0.1) is 0 Å². The zero-order valence-corrected chi connectivity index (χ0v) is 15.9. The van der Waals surface area contributed by atoms with Crippen molar-refractivity contribution in [3.8, 4) is 11.5 Å². The molecule has 2 aromatic rings. The van der Waals surface area contributed by atoms with Crippen LogP contribution in [-0.2, 0) is 17.4 Å². The molecular weight excluding hydrogens is 429 g/mol. The van der Waals surface area contributed by atoms with Crippen LogP contribution < -0.4 is 10.1 Å². The highest BCUT2D eigenvalue weighted by atomic mass is 32.2.